The quantitative estimate of drug-likeness (QED) is 0.801. The van der Waals surface area contributed by atoms with Crippen LogP contribution in [0.15, 0.2) is 12.1 Å². The second-order valence-corrected chi connectivity index (χ2v) is 5.66. The number of H-pyrrole nitrogens is 1. The highest BCUT2D eigenvalue weighted by Crippen LogP contribution is 2.34. The second kappa shape index (κ2) is 4.01. The second-order valence-electron chi connectivity index (χ2n) is 5.66. The Morgan fingerprint density at radius 3 is 2.89 bits per heavy atom. The minimum absolute atomic E-state index is 0.669. The standard InChI is InChI=1S/C15H19N3/c1-2-5-10(4-1)15-17-13-8-11-6-3-7-16-12(11)9-14(13)18-15/h8-10,16H,1-7H2,(H,17,18). The first kappa shape index (κ1) is 10.4. The molecule has 1 aliphatic heterocycles. The third kappa shape index (κ3) is 1.61. The van der Waals surface area contributed by atoms with Crippen LogP contribution in [0.5, 0.6) is 0 Å². The molecule has 1 aliphatic carbocycles. The maximum atomic E-state index is 4.81. The number of hydrogen-bond acceptors (Lipinski definition) is 2. The Hall–Kier alpha value is -1.51. The molecule has 2 aliphatic rings. The molecular formula is C15H19N3. The molecule has 0 saturated heterocycles. The highest BCUT2D eigenvalue weighted by atomic mass is 14.9. The van der Waals surface area contributed by atoms with Crippen LogP contribution >= 0.6 is 0 Å². The van der Waals surface area contributed by atoms with E-state index < -0.39 is 0 Å². The molecule has 0 spiro atoms. The first-order valence-electron chi connectivity index (χ1n) is 7.16. The molecule has 1 aromatic carbocycles. The van der Waals surface area contributed by atoms with E-state index in [0.717, 1.165) is 12.1 Å². The summed E-state index contributed by atoms with van der Waals surface area (Å²) in [6.45, 7) is 1.10. The van der Waals surface area contributed by atoms with Gasteiger partial charge in [0.05, 0.1) is 11.0 Å². The van der Waals surface area contributed by atoms with Gasteiger partial charge in [-0.05, 0) is 43.4 Å². The van der Waals surface area contributed by atoms with Crippen LogP contribution in [0.3, 0.4) is 0 Å². The first-order valence-corrected chi connectivity index (χ1v) is 7.16. The molecule has 2 aromatic rings. The third-order valence-corrected chi connectivity index (χ3v) is 4.41. The van der Waals surface area contributed by atoms with Gasteiger partial charge in [-0.2, -0.15) is 0 Å². The maximum absolute atomic E-state index is 4.81. The average molecular weight is 241 g/mol. The van der Waals surface area contributed by atoms with Crippen LogP contribution in [0.4, 0.5) is 5.69 Å². The Morgan fingerprint density at radius 2 is 2.00 bits per heavy atom. The Bertz CT molecular complexity index is 536. The summed E-state index contributed by atoms with van der Waals surface area (Å²) in [5, 5.41) is 3.48. The van der Waals surface area contributed by atoms with Gasteiger partial charge in [-0.15, -0.1) is 0 Å². The minimum Gasteiger partial charge on any atom is -0.385 e. The van der Waals surface area contributed by atoms with Crippen molar-refractivity contribution in [3.05, 3.63) is 23.5 Å². The number of imidazole rings is 1. The smallest absolute Gasteiger partial charge is 0.110 e. The lowest BCUT2D eigenvalue weighted by Crippen LogP contribution is -2.11. The van der Waals surface area contributed by atoms with Crippen molar-refractivity contribution in [1.82, 2.24) is 9.97 Å². The largest absolute Gasteiger partial charge is 0.385 e. The predicted molar refractivity (Wildman–Crippen MR) is 74.1 cm³/mol. The summed E-state index contributed by atoms with van der Waals surface area (Å²) in [6, 6.07) is 4.51. The van der Waals surface area contributed by atoms with Gasteiger partial charge in [0.15, 0.2) is 0 Å². The Morgan fingerprint density at radius 1 is 1.11 bits per heavy atom. The van der Waals surface area contributed by atoms with Gasteiger partial charge < -0.3 is 10.3 Å². The van der Waals surface area contributed by atoms with Crippen LogP contribution in [0, 0.1) is 0 Å². The van der Waals surface area contributed by atoms with E-state index in [0.29, 0.717) is 5.92 Å². The number of fused-ring (bicyclic) bond motifs is 2. The van der Waals surface area contributed by atoms with Gasteiger partial charge in [0.1, 0.15) is 5.82 Å². The number of hydrogen-bond donors (Lipinski definition) is 2. The molecule has 1 saturated carbocycles. The Labute approximate surface area is 107 Å². The third-order valence-electron chi connectivity index (χ3n) is 4.41. The van der Waals surface area contributed by atoms with E-state index in [2.05, 4.69) is 22.4 Å². The molecular weight excluding hydrogens is 222 g/mol. The van der Waals surface area contributed by atoms with Gasteiger partial charge in [-0.3, -0.25) is 0 Å². The molecule has 0 amide bonds. The number of benzene rings is 1. The highest BCUT2D eigenvalue weighted by molar-refractivity contribution is 5.82. The van der Waals surface area contributed by atoms with Crippen LogP contribution in [-0.4, -0.2) is 16.5 Å². The van der Waals surface area contributed by atoms with Crippen molar-refractivity contribution in [1.29, 1.82) is 0 Å². The van der Waals surface area contributed by atoms with E-state index in [4.69, 9.17) is 4.98 Å². The molecule has 94 valence electrons. The van der Waals surface area contributed by atoms with Crippen molar-refractivity contribution in [2.24, 2.45) is 0 Å². The lowest BCUT2D eigenvalue weighted by molar-refractivity contribution is 0.681. The SMILES string of the molecule is c1c2c(cc3[nH]c(C4CCCC4)nc13)CCCN2. The topological polar surface area (TPSA) is 40.7 Å². The van der Waals surface area contributed by atoms with Crippen molar-refractivity contribution < 1.29 is 0 Å². The molecule has 2 N–H and O–H groups in total. The van der Waals surface area contributed by atoms with Crippen LogP contribution < -0.4 is 5.32 Å². The summed E-state index contributed by atoms with van der Waals surface area (Å²) >= 11 is 0. The summed E-state index contributed by atoms with van der Waals surface area (Å²) < 4.78 is 0. The molecule has 3 nitrogen and oxygen atoms in total. The van der Waals surface area contributed by atoms with E-state index in [-0.39, 0.29) is 0 Å². The minimum atomic E-state index is 0.669. The molecule has 0 unspecified atom stereocenters. The van der Waals surface area contributed by atoms with Crippen molar-refractivity contribution >= 4 is 16.7 Å². The zero-order chi connectivity index (χ0) is 11.9. The lowest BCUT2D eigenvalue weighted by atomic mass is 10.0. The monoisotopic (exact) mass is 241 g/mol. The number of nitrogens with zero attached hydrogens (tertiary/aromatic N) is 1. The van der Waals surface area contributed by atoms with Crippen LogP contribution in [0.25, 0.3) is 11.0 Å². The molecule has 4 rings (SSSR count). The summed E-state index contributed by atoms with van der Waals surface area (Å²) in [7, 11) is 0. The van der Waals surface area contributed by atoms with Gasteiger partial charge in [0.25, 0.3) is 0 Å². The molecule has 1 aromatic heterocycles. The van der Waals surface area contributed by atoms with Crippen molar-refractivity contribution in [3.63, 3.8) is 0 Å². The molecule has 0 radical (unpaired) electrons. The summed E-state index contributed by atoms with van der Waals surface area (Å²) in [4.78, 5) is 8.36. The average Bonchev–Trinajstić information content (AvgIpc) is 3.04. The predicted octanol–water partition coefficient (Wildman–Crippen LogP) is 3.58. The molecule has 3 heteroatoms. The fraction of sp³-hybridized carbons (Fsp3) is 0.533. The first-order chi connectivity index (χ1) is 8.90. The van der Waals surface area contributed by atoms with E-state index in [9.17, 15) is 0 Å². The Kier molecular flexibility index (Phi) is 2.32. The highest BCUT2D eigenvalue weighted by Gasteiger charge is 2.21. The fourth-order valence-corrected chi connectivity index (χ4v) is 3.39. The number of nitrogens with one attached hydrogen (secondary N) is 2. The normalized spacial score (nSPS) is 20.0. The number of aromatic nitrogens is 2. The molecule has 0 atom stereocenters. The molecule has 18 heavy (non-hydrogen) atoms. The Balaban J connectivity index is 1.79. The van der Waals surface area contributed by atoms with E-state index >= 15 is 0 Å². The van der Waals surface area contributed by atoms with E-state index in [1.165, 1.54) is 61.1 Å². The van der Waals surface area contributed by atoms with Gasteiger partial charge in [-0.1, -0.05) is 12.8 Å². The molecule has 0 bridgehead atoms. The number of aromatic amines is 1. The van der Waals surface area contributed by atoms with Crippen LogP contribution in [0.1, 0.15) is 49.4 Å². The van der Waals surface area contributed by atoms with Gasteiger partial charge in [0, 0.05) is 18.2 Å². The van der Waals surface area contributed by atoms with Crippen molar-refractivity contribution in [3.8, 4) is 0 Å². The van der Waals surface area contributed by atoms with Crippen LogP contribution in [0.2, 0.25) is 0 Å². The lowest BCUT2D eigenvalue weighted by Gasteiger charge is -2.17. The fourth-order valence-electron chi connectivity index (χ4n) is 3.39. The summed E-state index contributed by atoms with van der Waals surface area (Å²) in [5.74, 6) is 1.88. The van der Waals surface area contributed by atoms with Crippen LogP contribution in [-0.2, 0) is 6.42 Å². The van der Waals surface area contributed by atoms with Gasteiger partial charge >= 0.3 is 0 Å². The number of rotatable bonds is 1. The summed E-state index contributed by atoms with van der Waals surface area (Å²) in [5.41, 5.74) is 5.08. The molecule has 1 fully saturated rings. The van der Waals surface area contributed by atoms with Crippen molar-refractivity contribution in [2.45, 2.75) is 44.4 Å². The number of anilines is 1. The van der Waals surface area contributed by atoms with E-state index in [1.807, 2.05) is 0 Å². The van der Waals surface area contributed by atoms with E-state index in [1.54, 1.807) is 0 Å². The zero-order valence-corrected chi connectivity index (χ0v) is 10.6. The van der Waals surface area contributed by atoms with Crippen molar-refractivity contribution in [2.75, 3.05) is 11.9 Å². The van der Waals surface area contributed by atoms with Gasteiger partial charge in [-0.25, -0.2) is 4.98 Å². The maximum Gasteiger partial charge on any atom is 0.110 e. The zero-order valence-electron chi connectivity index (χ0n) is 10.6. The molecule has 2 heterocycles. The van der Waals surface area contributed by atoms with Gasteiger partial charge in [0.2, 0.25) is 0 Å². The number of aryl methyl sites for hydroxylation is 1. The summed E-state index contributed by atoms with van der Waals surface area (Å²) in [6.07, 6.45) is 7.76.